The summed E-state index contributed by atoms with van der Waals surface area (Å²) >= 11 is 1.83. The summed E-state index contributed by atoms with van der Waals surface area (Å²) in [6.45, 7) is 5.98. The Hall–Kier alpha value is -1.49. The number of carbonyl (C=O) groups excluding carboxylic acids is 1. The maximum atomic E-state index is 13.0. The van der Waals surface area contributed by atoms with E-state index in [0.29, 0.717) is 11.8 Å². The zero-order valence-electron chi connectivity index (χ0n) is 16.6. The van der Waals surface area contributed by atoms with Crippen LogP contribution in [-0.4, -0.2) is 29.9 Å². The summed E-state index contributed by atoms with van der Waals surface area (Å²) in [5.74, 6) is 2.14. The minimum Gasteiger partial charge on any atom is -0.338 e. The Balaban J connectivity index is 0.00000225. The summed E-state index contributed by atoms with van der Waals surface area (Å²) in [5.41, 5.74) is 10.8. The van der Waals surface area contributed by atoms with Gasteiger partial charge in [0, 0.05) is 35.3 Å². The number of benzene rings is 2. The molecule has 2 aromatic carbocycles. The van der Waals surface area contributed by atoms with Crippen LogP contribution >= 0.6 is 24.2 Å². The monoisotopic (exact) mass is 416 g/mol. The Morgan fingerprint density at radius 2 is 1.96 bits per heavy atom. The molecule has 0 bridgehead atoms. The lowest BCUT2D eigenvalue weighted by Gasteiger charge is -2.19. The number of thioether (sulfide) groups is 1. The summed E-state index contributed by atoms with van der Waals surface area (Å²) in [4.78, 5) is 16.3. The van der Waals surface area contributed by atoms with E-state index >= 15 is 0 Å². The molecule has 3 nitrogen and oxygen atoms in total. The van der Waals surface area contributed by atoms with E-state index in [1.807, 2.05) is 28.8 Å². The van der Waals surface area contributed by atoms with E-state index in [9.17, 15) is 4.79 Å². The van der Waals surface area contributed by atoms with Crippen LogP contribution in [0.15, 0.2) is 47.4 Å². The standard InChI is InChI=1S/C23H28N2OS.ClH/c1-15-6-9-22(16(2)10-15)27-14-17-4-3-5-18(11-17)23(26)25-12-19-7-8-21(24)20(19)13-25;/h3-6,9-11,19-21H,7-8,12-14,24H2,1-2H3;1H. The molecule has 1 amide bonds. The molecule has 3 atom stereocenters. The zero-order chi connectivity index (χ0) is 19.0. The van der Waals surface area contributed by atoms with Crippen molar-refractivity contribution in [1.29, 1.82) is 0 Å². The number of hydrogen-bond donors (Lipinski definition) is 1. The van der Waals surface area contributed by atoms with Crippen LogP contribution in [0.2, 0.25) is 0 Å². The lowest BCUT2D eigenvalue weighted by Crippen LogP contribution is -2.33. The van der Waals surface area contributed by atoms with Gasteiger partial charge in [-0.05, 0) is 67.9 Å². The smallest absolute Gasteiger partial charge is 0.253 e. The molecule has 150 valence electrons. The summed E-state index contributed by atoms with van der Waals surface area (Å²) in [6.07, 6.45) is 2.28. The van der Waals surface area contributed by atoms with Gasteiger partial charge in [-0.1, -0.05) is 29.8 Å². The number of amides is 1. The maximum Gasteiger partial charge on any atom is 0.253 e. The van der Waals surface area contributed by atoms with E-state index < -0.39 is 0 Å². The predicted octanol–water partition coefficient (Wildman–Crippen LogP) is 4.83. The Labute approximate surface area is 178 Å². The molecule has 28 heavy (non-hydrogen) atoms. The second-order valence-corrected chi connectivity index (χ2v) is 9.15. The molecular weight excluding hydrogens is 388 g/mol. The van der Waals surface area contributed by atoms with Crippen LogP contribution in [0.4, 0.5) is 0 Å². The van der Waals surface area contributed by atoms with Gasteiger partial charge in [-0.2, -0.15) is 0 Å². The fourth-order valence-corrected chi connectivity index (χ4v) is 5.52. The van der Waals surface area contributed by atoms with Crippen LogP contribution in [0.1, 0.15) is 39.9 Å². The molecule has 2 N–H and O–H groups in total. The molecule has 3 unspecified atom stereocenters. The fourth-order valence-electron chi connectivity index (χ4n) is 4.57. The average molecular weight is 417 g/mol. The topological polar surface area (TPSA) is 46.3 Å². The third-order valence-electron chi connectivity index (χ3n) is 6.10. The molecule has 5 heteroatoms. The van der Waals surface area contributed by atoms with Gasteiger partial charge in [-0.25, -0.2) is 0 Å². The highest BCUT2D eigenvalue weighted by atomic mass is 35.5. The van der Waals surface area contributed by atoms with Gasteiger partial charge in [0.25, 0.3) is 5.91 Å². The van der Waals surface area contributed by atoms with Crippen molar-refractivity contribution >= 4 is 30.1 Å². The lowest BCUT2D eigenvalue weighted by atomic mass is 9.98. The Bertz CT molecular complexity index is 856. The minimum absolute atomic E-state index is 0. The van der Waals surface area contributed by atoms with Gasteiger partial charge in [0.05, 0.1) is 0 Å². The fraction of sp³-hybridized carbons (Fsp3) is 0.435. The average Bonchev–Trinajstić information content (AvgIpc) is 3.23. The van der Waals surface area contributed by atoms with Crippen LogP contribution in [0, 0.1) is 25.7 Å². The summed E-state index contributed by atoms with van der Waals surface area (Å²) < 4.78 is 0. The molecule has 0 spiro atoms. The van der Waals surface area contributed by atoms with E-state index in [-0.39, 0.29) is 24.4 Å². The van der Waals surface area contributed by atoms with E-state index in [4.69, 9.17) is 5.73 Å². The highest BCUT2D eigenvalue weighted by Gasteiger charge is 2.42. The van der Waals surface area contributed by atoms with Crippen LogP contribution < -0.4 is 5.73 Å². The van der Waals surface area contributed by atoms with Crippen LogP contribution in [0.3, 0.4) is 0 Å². The van der Waals surface area contributed by atoms with Crippen molar-refractivity contribution in [1.82, 2.24) is 4.90 Å². The Morgan fingerprint density at radius 1 is 1.14 bits per heavy atom. The Kier molecular flexibility index (Phi) is 6.74. The predicted molar refractivity (Wildman–Crippen MR) is 119 cm³/mol. The quantitative estimate of drug-likeness (QED) is 0.726. The number of likely N-dealkylation sites (tertiary alicyclic amines) is 1. The van der Waals surface area contributed by atoms with Gasteiger partial charge in [-0.15, -0.1) is 24.2 Å². The molecule has 1 saturated carbocycles. The van der Waals surface area contributed by atoms with Gasteiger partial charge < -0.3 is 10.6 Å². The van der Waals surface area contributed by atoms with Crippen LogP contribution in [-0.2, 0) is 5.75 Å². The second-order valence-electron chi connectivity index (χ2n) is 8.13. The first-order valence-corrected chi connectivity index (χ1v) is 10.8. The van der Waals surface area contributed by atoms with Gasteiger partial charge in [0.15, 0.2) is 0 Å². The molecule has 1 saturated heterocycles. The van der Waals surface area contributed by atoms with E-state index in [0.717, 1.165) is 30.8 Å². The van der Waals surface area contributed by atoms with Crippen LogP contribution in [0.5, 0.6) is 0 Å². The first-order chi connectivity index (χ1) is 13.0. The minimum atomic E-state index is 0. The van der Waals surface area contributed by atoms with Crippen LogP contribution in [0.25, 0.3) is 0 Å². The van der Waals surface area contributed by atoms with Crippen molar-refractivity contribution in [3.8, 4) is 0 Å². The number of fused-ring (bicyclic) bond motifs is 1. The summed E-state index contributed by atoms with van der Waals surface area (Å²) in [7, 11) is 0. The molecule has 0 aromatic heterocycles. The van der Waals surface area contributed by atoms with E-state index in [2.05, 4.69) is 44.2 Å². The first-order valence-electron chi connectivity index (χ1n) is 9.85. The third-order valence-corrected chi connectivity index (χ3v) is 7.34. The SMILES string of the molecule is Cc1ccc(SCc2cccc(C(=O)N3CC4CCC(N)C4C3)c2)c(C)c1.Cl. The molecule has 2 aliphatic rings. The van der Waals surface area contributed by atoms with Gasteiger partial charge >= 0.3 is 0 Å². The molecule has 4 rings (SSSR count). The number of halogens is 1. The largest absolute Gasteiger partial charge is 0.338 e. The summed E-state index contributed by atoms with van der Waals surface area (Å²) in [5, 5.41) is 0. The molecular formula is C23H29ClN2OS. The normalized spacial score (nSPS) is 23.4. The second kappa shape index (κ2) is 8.89. The van der Waals surface area contributed by atoms with Crippen molar-refractivity contribution in [2.75, 3.05) is 13.1 Å². The van der Waals surface area contributed by atoms with Gasteiger partial charge in [-0.3, -0.25) is 4.79 Å². The number of hydrogen-bond acceptors (Lipinski definition) is 3. The Morgan fingerprint density at radius 3 is 2.71 bits per heavy atom. The summed E-state index contributed by atoms with van der Waals surface area (Å²) in [6, 6.07) is 15.0. The maximum absolute atomic E-state index is 13.0. The molecule has 1 heterocycles. The molecule has 2 aromatic rings. The molecule has 0 radical (unpaired) electrons. The highest BCUT2D eigenvalue weighted by Crippen LogP contribution is 2.37. The van der Waals surface area contributed by atoms with Gasteiger partial charge in [0.1, 0.15) is 0 Å². The number of nitrogens with two attached hydrogens (primary N) is 1. The number of nitrogens with zero attached hydrogens (tertiary/aromatic N) is 1. The molecule has 1 aliphatic carbocycles. The number of rotatable bonds is 4. The van der Waals surface area contributed by atoms with E-state index in [1.165, 1.54) is 28.0 Å². The van der Waals surface area contributed by atoms with Crippen molar-refractivity contribution in [2.45, 2.75) is 43.4 Å². The number of aryl methyl sites for hydroxylation is 2. The van der Waals surface area contributed by atoms with Crippen molar-refractivity contribution < 1.29 is 4.79 Å². The van der Waals surface area contributed by atoms with Crippen molar-refractivity contribution in [2.24, 2.45) is 17.6 Å². The van der Waals surface area contributed by atoms with Gasteiger partial charge in [0.2, 0.25) is 0 Å². The van der Waals surface area contributed by atoms with Crippen molar-refractivity contribution in [3.05, 3.63) is 64.7 Å². The number of carbonyl (C=O) groups is 1. The first kappa shape index (κ1) is 21.2. The highest BCUT2D eigenvalue weighted by molar-refractivity contribution is 7.98. The molecule has 1 aliphatic heterocycles. The third kappa shape index (κ3) is 4.40. The molecule has 2 fully saturated rings. The zero-order valence-corrected chi connectivity index (χ0v) is 18.2. The van der Waals surface area contributed by atoms with E-state index in [1.54, 1.807) is 0 Å². The lowest BCUT2D eigenvalue weighted by molar-refractivity contribution is 0.0779. The van der Waals surface area contributed by atoms with Crippen molar-refractivity contribution in [3.63, 3.8) is 0 Å².